The molecule has 5 heteroatoms. The average molecular weight is 445 g/mol. The van der Waals surface area contributed by atoms with Gasteiger partial charge in [-0.25, -0.2) is 4.39 Å². The van der Waals surface area contributed by atoms with Crippen molar-refractivity contribution in [1.82, 2.24) is 0 Å². The SMILES string of the molecule is CCCC1CCC(C2CCC(c3ccc(-c4ccc(OCC)c(F)c4F)cc3)CO2)OC1. The molecule has 3 nitrogen and oxygen atoms in total. The van der Waals surface area contributed by atoms with Crippen molar-refractivity contribution in [2.24, 2.45) is 5.92 Å². The molecule has 4 atom stereocenters. The van der Waals surface area contributed by atoms with E-state index >= 15 is 0 Å². The van der Waals surface area contributed by atoms with Crippen LogP contribution in [0.4, 0.5) is 8.78 Å². The van der Waals surface area contributed by atoms with Gasteiger partial charge >= 0.3 is 0 Å². The molecule has 2 aliphatic rings. The molecule has 0 amide bonds. The summed E-state index contributed by atoms with van der Waals surface area (Å²) in [4.78, 5) is 0. The Balaban J connectivity index is 1.34. The maximum Gasteiger partial charge on any atom is 0.201 e. The molecule has 0 aliphatic carbocycles. The summed E-state index contributed by atoms with van der Waals surface area (Å²) in [5, 5.41) is 0. The van der Waals surface area contributed by atoms with E-state index in [1.807, 2.05) is 24.3 Å². The monoisotopic (exact) mass is 444 g/mol. The topological polar surface area (TPSA) is 27.7 Å². The molecule has 0 spiro atoms. The third-order valence-electron chi connectivity index (χ3n) is 6.87. The van der Waals surface area contributed by atoms with Gasteiger partial charge < -0.3 is 14.2 Å². The van der Waals surface area contributed by atoms with E-state index in [1.165, 1.54) is 30.9 Å². The highest BCUT2D eigenvalue weighted by atomic mass is 19.2. The van der Waals surface area contributed by atoms with Crippen molar-refractivity contribution in [2.75, 3.05) is 19.8 Å². The van der Waals surface area contributed by atoms with Crippen molar-refractivity contribution in [1.29, 1.82) is 0 Å². The smallest absolute Gasteiger partial charge is 0.201 e. The van der Waals surface area contributed by atoms with Gasteiger partial charge in [0.25, 0.3) is 0 Å². The maximum absolute atomic E-state index is 14.5. The van der Waals surface area contributed by atoms with Gasteiger partial charge in [0.1, 0.15) is 0 Å². The lowest BCUT2D eigenvalue weighted by Gasteiger charge is -2.38. The molecule has 0 bridgehead atoms. The van der Waals surface area contributed by atoms with E-state index in [0.29, 0.717) is 30.6 Å². The molecule has 2 aromatic carbocycles. The zero-order valence-corrected chi connectivity index (χ0v) is 19.1. The van der Waals surface area contributed by atoms with Crippen LogP contribution in [-0.2, 0) is 9.47 Å². The number of benzene rings is 2. The Labute approximate surface area is 190 Å². The van der Waals surface area contributed by atoms with Crippen molar-refractivity contribution in [3.05, 3.63) is 53.6 Å². The first kappa shape index (κ1) is 23.2. The molecule has 2 aromatic rings. The molecule has 0 saturated carbocycles. The minimum atomic E-state index is -0.939. The van der Waals surface area contributed by atoms with E-state index in [0.717, 1.165) is 25.9 Å². The number of hydrogen-bond donors (Lipinski definition) is 0. The Morgan fingerprint density at radius 1 is 0.844 bits per heavy atom. The second-order valence-electron chi connectivity index (χ2n) is 9.04. The number of ether oxygens (including phenoxy) is 3. The summed E-state index contributed by atoms with van der Waals surface area (Å²) in [7, 11) is 0. The first-order valence-electron chi connectivity index (χ1n) is 12.0. The minimum Gasteiger partial charge on any atom is -0.491 e. The molecule has 2 saturated heterocycles. The molecule has 0 N–H and O–H groups in total. The summed E-state index contributed by atoms with van der Waals surface area (Å²) in [6.45, 7) is 5.81. The summed E-state index contributed by atoms with van der Waals surface area (Å²) in [5.41, 5.74) is 2.07. The lowest BCUT2D eigenvalue weighted by Crippen LogP contribution is -2.40. The zero-order chi connectivity index (χ0) is 22.5. The molecule has 4 unspecified atom stereocenters. The van der Waals surface area contributed by atoms with Gasteiger partial charge in [0.15, 0.2) is 11.6 Å². The van der Waals surface area contributed by atoms with Crippen LogP contribution < -0.4 is 4.74 Å². The van der Waals surface area contributed by atoms with Crippen LogP contribution in [0.2, 0.25) is 0 Å². The van der Waals surface area contributed by atoms with Crippen LogP contribution in [0, 0.1) is 17.6 Å². The summed E-state index contributed by atoms with van der Waals surface area (Å²) >= 11 is 0. The van der Waals surface area contributed by atoms with Crippen LogP contribution in [0.1, 0.15) is 63.9 Å². The van der Waals surface area contributed by atoms with Crippen LogP contribution in [-0.4, -0.2) is 32.0 Å². The molecule has 4 rings (SSSR count). The highest BCUT2D eigenvalue weighted by Crippen LogP contribution is 2.35. The zero-order valence-electron chi connectivity index (χ0n) is 19.1. The van der Waals surface area contributed by atoms with E-state index in [-0.39, 0.29) is 23.5 Å². The Morgan fingerprint density at radius 3 is 2.16 bits per heavy atom. The van der Waals surface area contributed by atoms with Crippen LogP contribution in [0.25, 0.3) is 11.1 Å². The normalized spacial score (nSPS) is 26.1. The first-order valence-corrected chi connectivity index (χ1v) is 12.0. The van der Waals surface area contributed by atoms with Crippen LogP contribution in [0.15, 0.2) is 36.4 Å². The molecule has 2 fully saturated rings. The molecule has 32 heavy (non-hydrogen) atoms. The van der Waals surface area contributed by atoms with Gasteiger partial charge in [-0.1, -0.05) is 37.6 Å². The molecule has 2 aliphatic heterocycles. The molecule has 174 valence electrons. The predicted molar refractivity (Wildman–Crippen MR) is 122 cm³/mol. The second kappa shape index (κ2) is 10.8. The van der Waals surface area contributed by atoms with Gasteiger partial charge in [0.2, 0.25) is 5.82 Å². The largest absolute Gasteiger partial charge is 0.491 e. The fraction of sp³-hybridized carbons (Fsp3) is 0.556. The Kier molecular flexibility index (Phi) is 7.80. The molecule has 0 radical (unpaired) electrons. The summed E-state index contributed by atoms with van der Waals surface area (Å²) in [6, 6.07) is 10.8. The van der Waals surface area contributed by atoms with Crippen LogP contribution in [0.3, 0.4) is 0 Å². The van der Waals surface area contributed by atoms with Crippen molar-refractivity contribution < 1.29 is 23.0 Å². The van der Waals surface area contributed by atoms with E-state index in [1.54, 1.807) is 13.0 Å². The van der Waals surface area contributed by atoms with Crippen LogP contribution >= 0.6 is 0 Å². The highest BCUT2D eigenvalue weighted by Gasteiger charge is 2.32. The molecular weight excluding hydrogens is 410 g/mol. The third-order valence-corrected chi connectivity index (χ3v) is 6.87. The van der Waals surface area contributed by atoms with Gasteiger partial charge in [-0.3, -0.25) is 0 Å². The van der Waals surface area contributed by atoms with E-state index in [2.05, 4.69) is 6.92 Å². The number of halogens is 2. The Bertz CT molecular complexity index is 867. The molecule has 0 aromatic heterocycles. The van der Waals surface area contributed by atoms with Crippen molar-refractivity contribution in [3.63, 3.8) is 0 Å². The van der Waals surface area contributed by atoms with Gasteiger partial charge in [0.05, 0.1) is 25.4 Å². The summed E-state index contributed by atoms with van der Waals surface area (Å²) in [6.07, 6.45) is 7.27. The summed E-state index contributed by atoms with van der Waals surface area (Å²) < 4.78 is 46.2. The second-order valence-corrected chi connectivity index (χ2v) is 9.04. The average Bonchev–Trinajstić information content (AvgIpc) is 2.83. The van der Waals surface area contributed by atoms with E-state index in [9.17, 15) is 8.78 Å². The van der Waals surface area contributed by atoms with Crippen molar-refractivity contribution >= 4 is 0 Å². The van der Waals surface area contributed by atoms with Crippen LogP contribution in [0.5, 0.6) is 5.75 Å². The minimum absolute atomic E-state index is 0.0536. The van der Waals surface area contributed by atoms with E-state index in [4.69, 9.17) is 14.2 Å². The van der Waals surface area contributed by atoms with Crippen molar-refractivity contribution in [2.45, 2.75) is 70.5 Å². The Morgan fingerprint density at radius 2 is 1.56 bits per heavy atom. The number of hydrogen-bond acceptors (Lipinski definition) is 3. The lowest BCUT2D eigenvalue weighted by molar-refractivity contribution is -0.124. The lowest BCUT2D eigenvalue weighted by atomic mass is 9.86. The third kappa shape index (κ3) is 5.15. The Hall–Kier alpha value is -1.98. The van der Waals surface area contributed by atoms with Crippen molar-refractivity contribution in [3.8, 4) is 16.9 Å². The summed E-state index contributed by atoms with van der Waals surface area (Å²) in [5.74, 6) is -0.840. The van der Waals surface area contributed by atoms with Gasteiger partial charge in [0, 0.05) is 18.1 Å². The van der Waals surface area contributed by atoms with E-state index < -0.39 is 11.6 Å². The highest BCUT2D eigenvalue weighted by molar-refractivity contribution is 5.65. The number of rotatable bonds is 7. The molecule has 2 heterocycles. The fourth-order valence-electron chi connectivity index (χ4n) is 5.04. The quantitative estimate of drug-likeness (QED) is 0.465. The predicted octanol–water partition coefficient (Wildman–Crippen LogP) is 6.89. The fourth-order valence-corrected chi connectivity index (χ4v) is 5.04. The van der Waals surface area contributed by atoms with Gasteiger partial charge in [-0.2, -0.15) is 4.39 Å². The maximum atomic E-state index is 14.5. The molecular formula is C27H34F2O3. The van der Waals surface area contributed by atoms with Gasteiger partial charge in [-0.15, -0.1) is 0 Å². The van der Waals surface area contributed by atoms with Gasteiger partial charge in [-0.05, 0) is 68.2 Å². The standard InChI is InChI=1S/C27H34F2O3/c1-3-5-18-6-13-23(31-16-18)24-14-11-21(17-32-24)19-7-9-20(10-8-19)22-12-15-25(30-4-2)27(29)26(22)28/h7-10,12,15,18,21,23-24H,3-6,11,13-14,16-17H2,1-2H3. The first-order chi connectivity index (χ1) is 15.6.